The van der Waals surface area contributed by atoms with E-state index in [1.165, 1.54) is 30.3 Å². The van der Waals surface area contributed by atoms with Gasteiger partial charge in [-0.1, -0.05) is 18.3 Å². The topological polar surface area (TPSA) is 135 Å². The number of hydrogen-bond donors (Lipinski definition) is 2. The first-order chi connectivity index (χ1) is 20.6. The lowest BCUT2D eigenvalue weighted by molar-refractivity contribution is -0.233. The summed E-state index contributed by atoms with van der Waals surface area (Å²) in [6.45, 7) is -0.676. The summed E-state index contributed by atoms with van der Waals surface area (Å²) in [6.07, 6.45) is 2.97. The number of alkyl halides is 2. The Bertz CT molecular complexity index is 1590. The number of tetrazole rings is 1. The van der Waals surface area contributed by atoms with Gasteiger partial charge >= 0.3 is 11.9 Å². The highest BCUT2D eigenvalue weighted by molar-refractivity contribution is 5.76. The summed E-state index contributed by atoms with van der Waals surface area (Å²) in [4.78, 5) is 17.0. The molecule has 1 unspecified atom stereocenters. The Morgan fingerprint density at radius 2 is 1.67 bits per heavy atom. The van der Waals surface area contributed by atoms with E-state index < -0.39 is 58.8 Å². The molecule has 0 aliphatic carbocycles. The first-order valence-electron chi connectivity index (χ1n) is 13.0. The molecule has 9 nitrogen and oxygen atoms in total. The Hall–Kier alpha value is -4.74. The minimum absolute atomic E-state index is 0.0497. The van der Waals surface area contributed by atoms with E-state index in [1.807, 2.05) is 0 Å². The first kappa shape index (κ1) is 31.2. The molecule has 4 rings (SSSR count). The number of aromatic nitrogens is 5. The van der Waals surface area contributed by atoms with Gasteiger partial charge in [-0.05, 0) is 78.3 Å². The maximum absolute atomic E-state index is 16.8. The van der Waals surface area contributed by atoms with Crippen molar-refractivity contribution < 1.29 is 31.5 Å². The second-order valence-electron chi connectivity index (χ2n) is 9.53. The summed E-state index contributed by atoms with van der Waals surface area (Å²) in [5, 5.41) is 10.4. The summed E-state index contributed by atoms with van der Waals surface area (Å²) >= 11 is 0. The summed E-state index contributed by atoms with van der Waals surface area (Å²) in [5.74, 6) is -2.96. The first-order valence-corrected chi connectivity index (χ1v) is 13.0. The summed E-state index contributed by atoms with van der Waals surface area (Å²) in [5.41, 5.74) is 7.16. The number of ether oxygens (including phenoxy) is 1. The van der Waals surface area contributed by atoms with E-state index in [9.17, 15) is 13.6 Å². The Balaban J connectivity index is 1.80. The van der Waals surface area contributed by atoms with Gasteiger partial charge in [0.1, 0.15) is 35.5 Å². The van der Waals surface area contributed by atoms with Crippen LogP contribution in [0.2, 0.25) is 0 Å². The van der Waals surface area contributed by atoms with Crippen molar-refractivity contribution in [1.29, 1.82) is 0 Å². The minimum atomic E-state index is -4.27. The lowest BCUT2D eigenvalue weighted by Gasteiger charge is -2.40. The lowest BCUT2D eigenvalue weighted by atomic mass is 9.83. The fraction of sp³-hybridized carbons (Fsp3) is 0.276. The zero-order chi connectivity index (χ0) is 31.0. The van der Waals surface area contributed by atoms with Crippen LogP contribution < -0.4 is 11.5 Å². The number of esters is 1. The van der Waals surface area contributed by atoms with Crippen molar-refractivity contribution >= 4 is 5.97 Å². The highest BCUT2D eigenvalue weighted by Gasteiger charge is 2.62. The van der Waals surface area contributed by atoms with Gasteiger partial charge in [-0.25, -0.2) is 17.9 Å². The fourth-order valence-corrected chi connectivity index (χ4v) is 4.21. The highest BCUT2D eigenvalue weighted by Crippen LogP contribution is 2.49. The second-order valence-corrected chi connectivity index (χ2v) is 9.53. The Labute approximate surface area is 243 Å². The van der Waals surface area contributed by atoms with Crippen molar-refractivity contribution in [3.05, 3.63) is 107 Å². The number of nitrogens with two attached hydrogens (primary N) is 2. The molecule has 2 aromatic carbocycles. The maximum Gasteiger partial charge on any atom is 0.334 e. The normalized spacial score (nSPS) is 13.5. The van der Waals surface area contributed by atoms with Gasteiger partial charge in [0, 0.05) is 29.0 Å². The molecule has 0 bridgehead atoms. The van der Waals surface area contributed by atoms with Gasteiger partial charge in [-0.3, -0.25) is 9.78 Å². The quantitative estimate of drug-likeness (QED) is 0.116. The maximum atomic E-state index is 16.8. The van der Waals surface area contributed by atoms with Crippen molar-refractivity contribution in [1.82, 2.24) is 25.2 Å². The van der Waals surface area contributed by atoms with Gasteiger partial charge in [0.05, 0.1) is 6.54 Å². The Morgan fingerprint density at radius 3 is 2.30 bits per heavy atom. The van der Waals surface area contributed by atoms with Crippen LogP contribution in [-0.2, 0) is 27.6 Å². The van der Waals surface area contributed by atoms with Crippen LogP contribution in [0.4, 0.5) is 22.0 Å². The molecule has 0 saturated carbocycles. The average molecular weight is 600 g/mol. The fourth-order valence-electron chi connectivity index (χ4n) is 4.21. The SMILES string of the molecule is NCCCC[C@H](N)C(=O)OC(Cn1cnnn1)(c1ccc(F)cc1F)C(F)(F)c1ccc(C#Cc2ccc(F)cc2)cn1. The molecule has 4 N–H and O–H groups in total. The molecule has 0 fully saturated rings. The minimum Gasteiger partial charge on any atom is -0.444 e. The van der Waals surface area contributed by atoms with Crippen LogP contribution >= 0.6 is 0 Å². The van der Waals surface area contributed by atoms with Gasteiger partial charge in [0.25, 0.3) is 0 Å². The predicted octanol–water partition coefficient (Wildman–Crippen LogP) is 3.57. The van der Waals surface area contributed by atoms with E-state index >= 15 is 13.2 Å². The molecule has 0 spiro atoms. The molecule has 2 aromatic heterocycles. The third kappa shape index (κ3) is 7.19. The number of unbranched alkanes of at least 4 members (excludes halogenated alkanes) is 1. The van der Waals surface area contributed by atoms with Crippen LogP contribution in [0.15, 0.2) is 67.1 Å². The molecule has 14 heteroatoms. The van der Waals surface area contributed by atoms with Gasteiger partial charge in [-0.2, -0.15) is 8.78 Å². The van der Waals surface area contributed by atoms with Gasteiger partial charge < -0.3 is 16.2 Å². The van der Waals surface area contributed by atoms with Crippen LogP contribution in [0.1, 0.15) is 41.6 Å². The lowest BCUT2D eigenvalue weighted by Crippen LogP contribution is -2.53. The van der Waals surface area contributed by atoms with Crippen molar-refractivity contribution in [3.63, 3.8) is 0 Å². The third-order valence-electron chi connectivity index (χ3n) is 6.48. The molecule has 0 aliphatic rings. The molecule has 0 radical (unpaired) electrons. The van der Waals surface area contributed by atoms with Crippen LogP contribution in [0.5, 0.6) is 0 Å². The van der Waals surface area contributed by atoms with Gasteiger partial charge in [0.15, 0.2) is 0 Å². The van der Waals surface area contributed by atoms with Crippen LogP contribution in [-0.4, -0.2) is 43.7 Å². The van der Waals surface area contributed by atoms with E-state index in [-0.39, 0.29) is 12.0 Å². The predicted molar refractivity (Wildman–Crippen MR) is 143 cm³/mol. The van der Waals surface area contributed by atoms with Gasteiger partial charge in [0.2, 0.25) is 5.60 Å². The van der Waals surface area contributed by atoms with E-state index in [1.54, 1.807) is 0 Å². The molecular formula is C29H26F5N7O2. The van der Waals surface area contributed by atoms with E-state index in [0.717, 1.165) is 35.4 Å². The smallest absolute Gasteiger partial charge is 0.334 e. The van der Waals surface area contributed by atoms with Crippen LogP contribution in [0, 0.1) is 29.3 Å². The highest BCUT2D eigenvalue weighted by atomic mass is 19.3. The van der Waals surface area contributed by atoms with E-state index in [0.29, 0.717) is 31.0 Å². The number of carbonyl (C=O) groups is 1. The van der Waals surface area contributed by atoms with E-state index in [4.69, 9.17) is 16.2 Å². The zero-order valence-corrected chi connectivity index (χ0v) is 22.6. The zero-order valence-electron chi connectivity index (χ0n) is 22.6. The number of rotatable bonds is 11. The Morgan fingerprint density at radius 1 is 0.977 bits per heavy atom. The molecule has 0 amide bonds. The van der Waals surface area contributed by atoms with Crippen molar-refractivity contribution in [2.24, 2.45) is 11.5 Å². The molecule has 4 aromatic rings. The van der Waals surface area contributed by atoms with Gasteiger partial charge in [-0.15, -0.1) is 5.10 Å². The number of nitrogens with zero attached hydrogens (tertiary/aromatic N) is 5. The molecule has 0 aliphatic heterocycles. The standard InChI is InChI=1S/C29H26F5N7O2/c30-21-9-6-19(7-10-21)4-5-20-8-13-26(37-16-20)29(33,34)28(17-41-18-38-39-40-41,23-12-11-22(31)15-24(23)32)43-27(42)25(36)3-1-2-14-35/h6-13,15-16,18,25H,1-3,14,17,35-36H2/t25-,28?/m0/s1. The van der Waals surface area contributed by atoms with Crippen LogP contribution in [0.25, 0.3) is 0 Å². The summed E-state index contributed by atoms with van der Waals surface area (Å²) in [6, 6.07) is 8.00. The Kier molecular flexibility index (Phi) is 9.79. The number of halogens is 5. The third-order valence-corrected chi connectivity index (χ3v) is 6.48. The number of benzene rings is 2. The molecule has 2 heterocycles. The van der Waals surface area contributed by atoms with Crippen molar-refractivity contribution in [2.45, 2.75) is 43.4 Å². The summed E-state index contributed by atoms with van der Waals surface area (Å²) < 4.78 is 82.2. The number of pyridine rings is 1. The molecular weight excluding hydrogens is 573 g/mol. The molecule has 43 heavy (non-hydrogen) atoms. The van der Waals surface area contributed by atoms with Crippen molar-refractivity contribution in [2.75, 3.05) is 6.54 Å². The monoisotopic (exact) mass is 599 g/mol. The van der Waals surface area contributed by atoms with Crippen molar-refractivity contribution in [3.8, 4) is 11.8 Å². The molecule has 224 valence electrons. The van der Waals surface area contributed by atoms with E-state index in [2.05, 4.69) is 32.4 Å². The molecule has 2 atom stereocenters. The number of hydrogen-bond acceptors (Lipinski definition) is 8. The molecule has 0 saturated heterocycles. The second kappa shape index (κ2) is 13.5. The summed E-state index contributed by atoms with van der Waals surface area (Å²) in [7, 11) is 0. The number of carbonyl (C=O) groups excluding carboxylic acids is 1. The average Bonchev–Trinajstić information content (AvgIpc) is 3.49. The largest absolute Gasteiger partial charge is 0.444 e. The van der Waals surface area contributed by atoms with Crippen LogP contribution in [0.3, 0.4) is 0 Å².